The smallest absolute Gasteiger partial charge is 0.307 e. The first-order valence-electron chi connectivity index (χ1n) is 11.3. The lowest BCUT2D eigenvalue weighted by atomic mass is 10.2. The van der Waals surface area contributed by atoms with E-state index >= 15 is 0 Å². The van der Waals surface area contributed by atoms with Gasteiger partial charge in [-0.2, -0.15) is 0 Å². The van der Waals surface area contributed by atoms with Crippen LogP contribution in [0, 0.1) is 0 Å². The molecule has 5 rings (SSSR count). The van der Waals surface area contributed by atoms with Crippen LogP contribution in [-0.2, 0) is 4.79 Å². The zero-order chi connectivity index (χ0) is 26.6. The quantitative estimate of drug-likeness (QED) is 0.180. The van der Waals surface area contributed by atoms with Gasteiger partial charge in [0.2, 0.25) is 11.5 Å². The monoisotopic (exact) mass is 590 g/mol. The van der Waals surface area contributed by atoms with E-state index in [-0.39, 0.29) is 23.1 Å². The number of aromatic nitrogens is 2. The number of methoxy groups -OCH3 is 1. The van der Waals surface area contributed by atoms with Gasteiger partial charge in [-0.25, -0.2) is 4.99 Å². The molecule has 2 heterocycles. The number of ketones is 1. The summed E-state index contributed by atoms with van der Waals surface area (Å²) in [7, 11) is 1.54. The fourth-order valence-electron chi connectivity index (χ4n) is 3.69. The first kappa shape index (κ1) is 25.4. The minimum absolute atomic E-state index is 0.173. The molecule has 1 aliphatic rings. The second-order valence-corrected chi connectivity index (χ2v) is 9.84. The SMILES string of the molecule is COc1ccc(-[n+]2noc([O-])c2C(=O)CSC2=N/C(=C/c3ccc(Br)cc3)C(=O)N2c2ccccc2)cc1. The highest BCUT2D eigenvalue weighted by atomic mass is 79.9. The van der Waals surface area contributed by atoms with Crippen molar-refractivity contribution in [3.8, 4) is 17.4 Å². The van der Waals surface area contributed by atoms with E-state index in [0.29, 0.717) is 22.3 Å². The van der Waals surface area contributed by atoms with E-state index in [1.807, 2.05) is 42.5 Å². The number of benzene rings is 3. The average Bonchev–Trinajstić information content (AvgIpc) is 3.48. The minimum atomic E-state index is -0.855. The van der Waals surface area contributed by atoms with Crippen LogP contribution in [0.25, 0.3) is 11.8 Å². The molecule has 1 aromatic heterocycles. The van der Waals surface area contributed by atoms with E-state index in [0.717, 1.165) is 26.5 Å². The second kappa shape index (κ2) is 11.0. The van der Waals surface area contributed by atoms with E-state index in [4.69, 9.17) is 9.26 Å². The number of Topliss-reactive ketones (excluding diaryl/α,β-unsaturated/α-hetero) is 1. The zero-order valence-electron chi connectivity index (χ0n) is 19.9. The van der Waals surface area contributed by atoms with Gasteiger partial charge in [-0.15, -0.1) is 0 Å². The molecule has 11 heteroatoms. The van der Waals surface area contributed by atoms with Crippen LogP contribution in [0.5, 0.6) is 11.7 Å². The first-order valence-corrected chi connectivity index (χ1v) is 13.1. The molecule has 190 valence electrons. The van der Waals surface area contributed by atoms with Crippen LogP contribution in [0.4, 0.5) is 5.69 Å². The van der Waals surface area contributed by atoms with Crippen molar-refractivity contribution in [1.29, 1.82) is 0 Å². The maximum absolute atomic E-state index is 13.4. The number of carbonyl (C=O) groups is 2. The number of halogens is 1. The van der Waals surface area contributed by atoms with Crippen molar-refractivity contribution < 1.29 is 28.6 Å². The molecule has 0 saturated heterocycles. The lowest BCUT2D eigenvalue weighted by Crippen LogP contribution is -2.39. The first-order chi connectivity index (χ1) is 18.4. The van der Waals surface area contributed by atoms with Crippen LogP contribution in [0.1, 0.15) is 16.1 Å². The Morgan fingerprint density at radius 1 is 1.11 bits per heavy atom. The summed E-state index contributed by atoms with van der Waals surface area (Å²) in [5.41, 5.74) is 1.87. The van der Waals surface area contributed by atoms with Gasteiger partial charge >= 0.3 is 5.69 Å². The van der Waals surface area contributed by atoms with Gasteiger partial charge < -0.3 is 14.4 Å². The van der Waals surface area contributed by atoms with Crippen molar-refractivity contribution in [2.45, 2.75) is 0 Å². The van der Waals surface area contributed by atoms with Crippen molar-refractivity contribution in [3.63, 3.8) is 0 Å². The summed E-state index contributed by atoms with van der Waals surface area (Å²) >= 11 is 4.45. The van der Waals surface area contributed by atoms with E-state index in [1.54, 1.807) is 42.5 Å². The van der Waals surface area contributed by atoms with E-state index in [2.05, 4.69) is 26.2 Å². The highest BCUT2D eigenvalue weighted by Gasteiger charge is 2.34. The molecule has 4 aromatic rings. The van der Waals surface area contributed by atoms with Crippen LogP contribution >= 0.6 is 27.7 Å². The third-order valence-electron chi connectivity index (χ3n) is 5.54. The number of rotatable bonds is 7. The number of nitrogens with zero attached hydrogens (tertiary/aromatic N) is 4. The van der Waals surface area contributed by atoms with Gasteiger partial charge in [-0.05, 0) is 52.7 Å². The normalized spacial score (nSPS) is 14.2. The van der Waals surface area contributed by atoms with Gasteiger partial charge in [0.05, 0.1) is 23.8 Å². The second-order valence-electron chi connectivity index (χ2n) is 7.98. The fourth-order valence-corrected chi connectivity index (χ4v) is 4.83. The number of para-hydroxylation sites is 1. The van der Waals surface area contributed by atoms with Crippen molar-refractivity contribution in [1.82, 2.24) is 5.27 Å². The molecule has 0 bridgehead atoms. The van der Waals surface area contributed by atoms with Crippen LogP contribution in [0.3, 0.4) is 0 Å². The van der Waals surface area contributed by atoms with Crippen LogP contribution in [0.2, 0.25) is 0 Å². The zero-order valence-corrected chi connectivity index (χ0v) is 22.3. The summed E-state index contributed by atoms with van der Waals surface area (Å²) in [6.45, 7) is 0. The molecule has 3 aromatic carbocycles. The van der Waals surface area contributed by atoms with Gasteiger partial charge in [0.15, 0.2) is 11.1 Å². The molecule has 0 unspecified atom stereocenters. The van der Waals surface area contributed by atoms with Crippen molar-refractivity contribution in [3.05, 3.63) is 100 Å². The number of anilines is 1. The predicted molar refractivity (Wildman–Crippen MR) is 144 cm³/mol. The number of carbonyl (C=O) groups excluding carboxylic acids is 2. The van der Waals surface area contributed by atoms with Crippen molar-refractivity contribution >= 4 is 56.3 Å². The molecule has 0 fully saturated rings. The Hall–Kier alpha value is -4.22. The summed E-state index contributed by atoms with van der Waals surface area (Å²) in [6, 6.07) is 23.2. The molecular formula is C27H19BrN4O5S. The molecule has 1 amide bonds. The maximum atomic E-state index is 13.4. The molecule has 1 aliphatic heterocycles. The molecule has 9 nitrogen and oxygen atoms in total. The number of amides is 1. The number of ether oxygens (including phenoxy) is 1. The Bertz CT molecular complexity index is 1550. The minimum Gasteiger partial charge on any atom is -0.539 e. The van der Waals surface area contributed by atoms with Crippen LogP contribution in [-0.4, -0.2) is 35.0 Å². The maximum Gasteiger partial charge on any atom is 0.307 e. The van der Waals surface area contributed by atoms with Gasteiger partial charge in [0, 0.05) is 16.6 Å². The Balaban J connectivity index is 1.42. The Labute approximate surface area is 230 Å². The lowest BCUT2D eigenvalue weighted by molar-refractivity contribution is -0.672. The summed E-state index contributed by atoms with van der Waals surface area (Å²) in [6.07, 6.45) is 1.69. The Morgan fingerprint density at radius 2 is 1.82 bits per heavy atom. The van der Waals surface area contributed by atoms with Gasteiger partial charge in [0.1, 0.15) is 11.4 Å². The number of hydrogen-bond acceptors (Lipinski definition) is 8. The van der Waals surface area contributed by atoms with Crippen molar-refractivity contribution in [2.75, 3.05) is 17.8 Å². The summed E-state index contributed by atoms with van der Waals surface area (Å²) in [5, 5.41) is 16.4. The van der Waals surface area contributed by atoms with Crippen LogP contribution < -0.4 is 19.4 Å². The molecule has 0 saturated carbocycles. The fraction of sp³-hybridized carbons (Fsp3) is 0.0741. The summed E-state index contributed by atoms with van der Waals surface area (Å²) in [4.78, 5) is 32.5. The highest BCUT2D eigenvalue weighted by Crippen LogP contribution is 2.30. The van der Waals surface area contributed by atoms with Gasteiger partial charge in [0.25, 0.3) is 5.91 Å². The number of amidine groups is 1. The molecule has 0 radical (unpaired) electrons. The number of hydrogen-bond donors (Lipinski definition) is 0. The standard InChI is InChI=1S/C27H19BrN4O5S/c1-36-21-13-11-20(12-14-21)32-24(26(35)37-30-32)23(33)16-38-27-29-22(15-17-7-9-18(28)10-8-17)25(34)31(27)19-5-3-2-4-6-19/h2-15H,16H2,1H3/b22-15+. The van der Waals surface area contributed by atoms with E-state index in [1.165, 1.54) is 12.0 Å². The van der Waals surface area contributed by atoms with Crippen molar-refractivity contribution in [2.24, 2.45) is 4.99 Å². The molecule has 0 atom stereocenters. The number of aliphatic imine (C=N–C) groups is 1. The highest BCUT2D eigenvalue weighted by molar-refractivity contribution is 9.10. The average molecular weight is 591 g/mol. The Morgan fingerprint density at radius 3 is 2.50 bits per heavy atom. The third-order valence-corrected chi connectivity index (χ3v) is 7.01. The lowest BCUT2D eigenvalue weighted by Gasteiger charge is -2.17. The van der Waals surface area contributed by atoms with E-state index in [9.17, 15) is 14.7 Å². The number of thioether (sulfide) groups is 1. The molecule has 0 N–H and O–H groups in total. The van der Waals surface area contributed by atoms with Crippen LogP contribution in [0.15, 0.2) is 98.5 Å². The molecule has 0 aliphatic carbocycles. The summed E-state index contributed by atoms with van der Waals surface area (Å²) in [5.74, 6) is -1.26. The molecule has 0 spiro atoms. The topological polar surface area (TPSA) is 112 Å². The van der Waals surface area contributed by atoms with E-state index < -0.39 is 11.7 Å². The summed E-state index contributed by atoms with van der Waals surface area (Å²) < 4.78 is 12.0. The molecule has 38 heavy (non-hydrogen) atoms. The Kier molecular flexibility index (Phi) is 7.38. The third kappa shape index (κ3) is 5.24. The van der Waals surface area contributed by atoms with Gasteiger partial charge in [-0.3, -0.25) is 14.5 Å². The van der Waals surface area contributed by atoms with Gasteiger partial charge in [-0.1, -0.05) is 58.0 Å². The molecular weight excluding hydrogens is 572 g/mol. The predicted octanol–water partition coefficient (Wildman–Crippen LogP) is 4.16. The largest absolute Gasteiger partial charge is 0.539 e.